The van der Waals surface area contributed by atoms with Gasteiger partial charge in [-0.05, 0) is 43.9 Å². The van der Waals surface area contributed by atoms with E-state index in [1.807, 2.05) is 43.1 Å². The van der Waals surface area contributed by atoms with E-state index in [0.717, 1.165) is 37.3 Å². The van der Waals surface area contributed by atoms with Gasteiger partial charge in [-0.25, -0.2) is 0 Å². The first-order valence-corrected chi connectivity index (χ1v) is 9.11. The van der Waals surface area contributed by atoms with Gasteiger partial charge in [-0.1, -0.05) is 12.1 Å². The predicted octanol–water partition coefficient (Wildman–Crippen LogP) is 2.60. The Morgan fingerprint density at radius 1 is 1.38 bits per heavy atom. The molecular formula is C20H27N3O3. The largest absolute Gasteiger partial charge is 0.497 e. The van der Waals surface area contributed by atoms with Crippen LogP contribution in [0.25, 0.3) is 0 Å². The highest BCUT2D eigenvalue weighted by Crippen LogP contribution is 2.18. The number of aryl methyl sites for hydroxylation is 1. The number of rotatable bonds is 7. The maximum absolute atomic E-state index is 13.1. The van der Waals surface area contributed by atoms with Gasteiger partial charge in [0.25, 0.3) is 5.91 Å². The molecule has 1 aliphatic heterocycles. The lowest BCUT2D eigenvalue weighted by molar-refractivity contribution is 0.0528. The van der Waals surface area contributed by atoms with Crippen molar-refractivity contribution in [2.75, 3.05) is 26.8 Å². The minimum atomic E-state index is 0.0274. The number of methoxy groups -OCH3 is 1. The maximum Gasteiger partial charge on any atom is 0.257 e. The van der Waals surface area contributed by atoms with Gasteiger partial charge in [-0.15, -0.1) is 0 Å². The highest BCUT2D eigenvalue weighted by atomic mass is 16.5. The van der Waals surface area contributed by atoms with Crippen LogP contribution in [0.2, 0.25) is 0 Å². The average molecular weight is 357 g/mol. The van der Waals surface area contributed by atoms with E-state index in [1.165, 1.54) is 5.56 Å². The van der Waals surface area contributed by atoms with Crippen LogP contribution in [0, 0.1) is 6.92 Å². The van der Waals surface area contributed by atoms with Crippen LogP contribution in [-0.4, -0.2) is 53.5 Å². The molecule has 0 N–H and O–H groups in total. The fraction of sp³-hybridized carbons (Fsp3) is 0.500. The number of benzene rings is 1. The van der Waals surface area contributed by atoms with Gasteiger partial charge in [-0.2, -0.15) is 5.10 Å². The Morgan fingerprint density at radius 3 is 2.73 bits per heavy atom. The van der Waals surface area contributed by atoms with Crippen molar-refractivity contribution in [1.29, 1.82) is 0 Å². The topological polar surface area (TPSA) is 56.6 Å². The van der Waals surface area contributed by atoms with Crippen molar-refractivity contribution in [2.24, 2.45) is 7.05 Å². The molecule has 1 amide bonds. The second kappa shape index (κ2) is 8.36. The SMILES string of the molecule is COc1ccc(CCN(CC2CCCO2)C(=O)c2cnn(C)c2C)cc1. The van der Waals surface area contributed by atoms with Crippen molar-refractivity contribution in [3.8, 4) is 5.75 Å². The third-order valence-electron chi connectivity index (χ3n) is 5.03. The number of carbonyl (C=O) groups is 1. The number of aromatic nitrogens is 2. The van der Waals surface area contributed by atoms with Crippen LogP contribution < -0.4 is 4.74 Å². The van der Waals surface area contributed by atoms with E-state index in [1.54, 1.807) is 18.0 Å². The van der Waals surface area contributed by atoms with Crippen LogP contribution in [0.4, 0.5) is 0 Å². The quantitative estimate of drug-likeness (QED) is 0.764. The van der Waals surface area contributed by atoms with Crippen LogP contribution in [0.1, 0.15) is 34.5 Å². The summed E-state index contributed by atoms with van der Waals surface area (Å²) in [4.78, 5) is 15.0. The fourth-order valence-electron chi connectivity index (χ4n) is 3.25. The summed E-state index contributed by atoms with van der Waals surface area (Å²) in [7, 11) is 3.52. The van der Waals surface area contributed by atoms with Crippen molar-refractivity contribution in [1.82, 2.24) is 14.7 Å². The predicted molar refractivity (Wildman–Crippen MR) is 99.5 cm³/mol. The monoisotopic (exact) mass is 357 g/mol. The first-order valence-electron chi connectivity index (χ1n) is 9.11. The number of hydrogen-bond donors (Lipinski definition) is 0. The molecule has 140 valence electrons. The molecule has 0 saturated carbocycles. The van der Waals surface area contributed by atoms with Crippen LogP contribution in [0.3, 0.4) is 0 Å². The summed E-state index contributed by atoms with van der Waals surface area (Å²) in [5, 5.41) is 4.21. The molecule has 0 spiro atoms. The minimum absolute atomic E-state index is 0.0274. The summed E-state index contributed by atoms with van der Waals surface area (Å²) in [5.74, 6) is 0.867. The molecule has 1 aromatic carbocycles. The van der Waals surface area contributed by atoms with Crippen molar-refractivity contribution in [3.05, 3.63) is 47.3 Å². The van der Waals surface area contributed by atoms with Gasteiger partial charge in [0, 0.05) is 32.4 Å². The summed E-state index contributed by atoms with van der Waals surface area (Å²) in [5.41, 5.74) is 2.73. The van der Waals surface area contributed by atoms with E-state index in [4.69, 9.17) is 9.47 Å². The van der Waals surface area contributed by atoms with Gasteiger partial charge in [0.15, 0.2) is 0 Å². The third-order valence-corrected chi connectivity index (χ3v) is 5.03. The molecule has 0 bridgehead atoms. The Balaban J connectivity index is 1.71. The second-order valence-corrected chi connectivity index (χ2v) is 6.75. The lowest BCUT2D eigenvalue weighted by Crippen LogP contribution is -2.39. The summed E-state index contributed by atoms with van der Waals surface area (Å²) in [6, 6.07) is 7.99. The van der Waals surface area contributed by atoms with Gasteiger partial charge in [-0.3, -0.25) is 9.48 Å². The van der Waals surface area contributed by atoms with Crippen molar-refractivity contribution in [3.63, 3.8) is 0 Å². The number of hydrogen-bond acceptors (Lipinski definition) is 4. The summed E-state index contributed by atoms with van der Waals surface area (Å²) in [6.45, 7) is 3.99. The summed E-state index contributed by atoms with van der Waals surface area (Å²) < 4.78 is 12.7. The van der Waals surface area contributed by atoms with Gasteiger partial charge in [0.2, 0.25) is 0 Å². The Bertz CT molecular complexity index is 733. The number of nitrogens with zero attached hydrogens (tertiary/aromatic N) is 3. The van der Waals surface area contributed by atoms with Crippen LogP contribution in [-0.2, 0) is 18.2 Å². The molecule has 1 saturated heterocycles. The van der Waals surface area contributed by atoms with Gasteiger partial charge in [0.1, 0.15) is 5.75 Å². The molecule has 6 nitrogen and oxygen atoms in total. The minimum Gasteiger partial charge on any atom is -0.497 e. The van der Waals surface area contributed by atoms with E-state index < -0.39 is 0 Å². The Labute approximate surface area is 154 Å². The maximum atomic E-state index is 13.1. The first kappa shape index (κ1) is 18.5. The Morgan fingerprint density at radius 2 is 2.15 bits per heavy atom. The zero-order chi connectivity index (χ0) is 18.5. The molecule has 1 aliphatic rings. The van der Waals surface area contributed by atoms with Crippen molar-refractivity contribution >= 4 is 5.91 Å². The Kier molecular flexibility index (Phi) is 5.93. The van der Waals surface area contributed by atoms with Crippen molar-refractivity contribution in [2.45, 2.75) is 32.3 Å². The highest BCUT2D eigenvalue weighted by Gasteiger charge is 2.25. The van der Waals surface area contributed by atoms with Gasteiger partial charge >= 0.3 is 0 Å². The first-order chi connectivity index (χ1) is 12.6. The lowest BCUT2D eigenvalue weighted by atomic mass is 10.1. The van der Waals surface area contributed by atoms with Crippen molar-refractivity contribution < 1.29 is 14.3 Å². The normalized spacial score (nSPS) is 16.7. The molecule has 1 unspecified atom stereocenters. The molecule has 0 aliphatic carbocycles. The van der Waals surface area contributed by atoms with Gasteiger partial charge < -0.3 is 14.4 Å². The van der Waals surface area contributed by atoms with Gasteiger partial charge in [0.05, 0.1) is 25.0 Å². The van der Waals surface area contributed by atoms with Crippen LogP contribution in [0.15, 0.2) is 30.5 Å². The van der Waals surface area contributed by atoms with Crippen LogP contribution in [0.5, 0.6) is 5.75 Å². The average Bonchev–Trinajstić information content (AvgIpc) is 3.29. The van der Waals surface area contributed by atoms with E-state index in [-0.39, 0.29) is 12.0 Å². The smallest absolute Gasteiger partial charge is 0.257 e. The number of amides is 1. The Hall–Kier alpha value is -2.34. The number of ether oxygens (including phenoxy) is 2. The fourth-order valence-corrected chi connectivity index (χ4v) is 3.25. The van der Waals surface area contributed by atoms with E-state index >= 15 is 0 Å². The zero-order valence-corrected chi connectivity index (χ0v) is 15.8. The summed E-state index contributed by atoms with van der Waals surface area (Å²) in [6.07, 6.45) is 4.66. The molecule has 2 heterocycles. The van der Waals surface area contributed by atoms with E-state index in [9.17, 15) is 4.79 Å². The molecule has 1 aromatic heterocycles. The summed E-state index contributed by atoms with van der Waals surface area (Å²) >= 11 is 0. The molecule has 1 fully saturated rings. The third kappa shape index (κ3) is 4.25. The second-order valence-electron chi connectivity index (χ2n) is 6.75. The molecular weight excluding hydrogens is 330 g/mol. The molecule has 1 atom stereocenters. The standard InChI is InChI=1S/C20H27N3O3/c1-15-19(13-21-22(15)2)20(24)23(14-18-5-4-12-26-18)11-10-16-6-8-17(25-3)9-7-16/h6-9,13,18H,4-5,10-12,14H2,1-3H3. The molecule has 0 radical (unpaired) electrons. The van der Waals surface area contributed by atoms with E-state index in [2.05, 4.69) is 5.10 Å². The van der Waals surface area contributed by atoms with E-state index in [0.29, 0.717) is 18.7 Å². The molecule has 2 aromatic rings. The molecule has 3 rings (SSSR count). The lowest BCUT2D eigenvalue weighted by Gasteiger charge is -2.25. The number of carbonyl (C=O) groups excluding carboxylic acids is 1. The molecule has 6 heteroatoms. The van der Waals surface area contributed by atoms with Crippen LogP contribution >= 0.6 is 0 Å². The zero-order valence-electron chi connectivity index (χ0n) is 15.8. The highest BCUT2D eigenvalue weighted by molar-refractivity contribution is 5.95. The molecule has 26 heavy (non-hydrogen) atoms.